The predicted molar refractivity (Wildman–Crippen MR) is 57.1 cm³/mol. The SMILES string of the molecule is O=C(CCl)NCc1nc(C2CCOC2)n[nH]1. The average Bonchev–Trinajstić information content (AvgIpc) is 2.95. The number of halogens is 1. The maximum absolute atomic E-state index is 10.9. The first-order chi connectivity index (χ1) is 7.79. The van der Waals surface area contributed by atoms with Crippen molar-refractivity contribution in [3.05, 3.63) is 11.6 Å². The molecule has 6 nitrogen and oxygen atoms in total. The van der Waals surface area contributed by atoms with Crippen LogP contribution in [0.4, 0.5) is 0 Å². The molecule has 0 aromatic carbocycles. The molecule has 16 heavy (non-hydrogen) atoms. The van der Waals surface area contributed by atoms with E-state index in [1.54, 1.807) is 0 Å². The van der Waals surface area contributed by atoms with Crippen LogP contribution < -0.4 is 5.32 Å². The lowest BCUT2D eigenvalue weighted by atomic mass is 10.1. The minimum Gasteiger partial charge on any atom is -0.381 e. The molecular weight excluding hydrogens is 232 g/mol. The van der Waals surface area contributed by atoms with Crippen molar-refractivity contribution in [2.45, 2.75) is 18.9 Å². The Morgan fingerprint density at radius 1 is 1.69 bits per heavy atom. The molecule has 0 radical (unpaired) electrons. The molecule has 1 amide bonds. The van der Waals surface area contributed by atoms with Crippen LogP contribution in [0.2, 0.25) is 0 Å². The number of aromatic nitrogens is 3. The molecule has 0 spiro atoms. The number of rotatable bonds is 4. The van der Waals surface area contributed by atoms with Crippen molar-refractivity contribution >= 4 is 17.5 Å². The van der Waals surface area contributed by atoms with E-state index in [1.165, 1.54) is 0 Å². The van der Waals surface area contributed by atoms with Crippen molar-refractivity contribution in [1.82, 2.24) is 20.5 Å². The first-order valence-electron chi connectivity index (χ1n) is 5.11. The summed E-state index contributed by atoms with van der Waals surface area (Å²) in [4.78, 5) is 15.2. The van der Waals surface area contributed by atoms with Crippen LogP contribution in [0.1, 0.15) is 24.0 Å². The van der Waals surface area contributed by atoms with Crippen molar-refractivity contribution in [3.8, 4) is 0 Å². The summed E-state index contributed by atoms with van der Waals surface area (Å²) < 4.78 is 5.26. The minimum absolute atomic E-state index is 0.0442. The molecule has 1 fully saturated rings. The van der Waals surface area contributed by atoms with Crippen LogP contribution in [0.5, 0.6) is 0 Å². The maximum atomic E-state index is 10.9. The Hall–Kier alpha value is -1.14. The van der Waals surface area contributed by atoms with Crippen LogP contribution >= 0.6 is 11.6 Å². The number of hydrogen-bond donors (Lipinski definition) is 2. The second kappa shape index (κ2) is 5.27. The van der Waals surface area contributed by atoms with Crippen LogP contribution in [0.25, 0.3) is 0 Å². The Labute approximate surface area is 97.7 Å². The number of H-pyrrole nitrogens is 1. The van der Waals surface area contributed by atoms with E-state index in [0.29, 0.717) is 19.0 Å². The molecule has 1 aliphatic heterocycles. The molecule has 0 bridgehead atoms. The number of carbonyl (C=O) groups excluding carboxylic acids is 1. The standard InChI is InChI=1S/C9H13ClN4O2/c10-3-8(15)11-4-7-12-9(14-13-7)6-1-2-16-5-6/h6H,1-5H2,(H,11,15)(H,12,13,14). The maximum Gasteiger partial charge on any atom is 0.235 e. The summed E-state index contributed by atoms with van der Waals surface area (Å²) in [5.74, 6) is 1.41. The first-order valence-corrected chi connectivity index (χ1v) is 5.64. The number of hydrogen-bond acceptors (Lipinski definition) is 4. The van der Waals surface area contributed by atoms with Crippen molar-refractivity contribution in [3.63, 3.8) is 0 Å². The highest BCUT2D eigenvalue weighted by Gasteiger charge is 2.21. The van der Waals surface area contributed by atoms with Gasteiger partial charge in [0.1, 0.15) is 11.7 Å². The fourth-order valence-corrected chi connectivity index (χ4v) is 1.63. The zero-order chi connectivity index (χ0) is 11.4. The van der Waals surface area contributed by atoms with Gasteiger partial charge in [-0.1, -0.05) is 0 Å². The molecule has 2 heterocycles. The molecule has 1 aromatic rings. The summed E-state index contributed by atoms with van der Waals surface area (Å²) in [6.45, 7) is 1.76. The summed E-state index contributed by atoms with van der Waals surface area (Å²) in [5, 5.41) is 9.51. The van der Waals surface area contributed by atoms with Gasteiger partial charge in [-0.3, -0.25) is 9.89 Å². The van der Waals surface area contributed by atoms with Gasteiger partial charge < -0.3 is 10.1 Å². The Bertz CT molecular complexity index is 362. The average molecular weight is 245 g/mol. The van der Waals surface area contributed by atoms with Gasteiger partial charge in [0.25, 0.3) is 0 Å². The van der Waals surface area contributed by atoms with E-state index in [2.05, 4.69) is 20.5 Å². The number of ether oxygens (including phenoxy) is 1. The van der Waals surface area contributed by atoms with E-state index < -0.39 is 0 Å². The van der Waals surface area contributed by atoms with Gasteiger partial charge in [0.2, 0.25) is 5.91 Å². The van der Waals surface area contributed by atoms with Crippen LogP contribution in [-0.2, 0) is 16.1 Å². The number of amides is 1. The highest BCUT2D eigenvalue weighted by Crippen LogP contribution is 2.21. The Balaban J connectivity index is 1.89. The highest BCUT2D eigenvalue weighted by atomic mass is 35.5. The Kier molecular flexibility index (Phi) is 3.74. The van der Waals surface area contributed by atoms with E-state index >= 15 is 0 Å². The van der Waals surface area contributed by atoms with Crippen LogP contribution in [-0.4, -0.2) is 40.2 Å². The van der Waals surface area contributed by atoms with E-state index in [9.17, 15) is 4.79 Å². The van der Waals surface area contributed by atoms with Gasteiger partial charge in [0.15, 0.2) is 5.82 Å². The van der Waals surface area contributed by atoms with E-state index in [4.69, 9.17) is 16.3 Å². The van der Waals surface area contributed by atoms with Crippen LogP contribution in [0.3, 0.4) is 0 Å². The molecule has 1 aliphatic rings. The molecule has 1 saturated heterocycles. The third-order valence-electron chi connectivity index (χ3n) is 2.42. The molecule has 1 unspecified atom stereocenters. The number of carbonyl (C=O) groups is 1. The fourth-order valence-electron chi connectivity index (χ4n) is 1.54. The van der Waals surface area contributed by atoms with Gasteiger partial charge in [-0.15, -0.1) is 11.6 Å². The van der Waals surface area contributed by atoms with E-state index in [0.717, 1.165) is 18.9 Å². The number of alkyl halides is 1. The summed E-state index contributed by atoms with van der Waals surface area (Å²) >= 11 is 5.35. The third-order valence-corrected chi connectivity index (χ3v) is 2.66. The normalized spacial score (nSPS) is 19.9. The third kappa shape index (κ3) is 2.70. The Morgan fingerprint density at radius 2 is 2.56 bits per heavy atom. The summed E-state index contributed by atoms with van der Waals surface area (Å²) in [5.41, 5.74) is 0. The van der Waals surface area contributed by atoms with Gasteiger partial charge in [0.05, 0.1) is 13.2 Å². The molecule has 1 aromatic heterocycles. The van der Waals surface area contributed by atoms with Gasteiger partial charge in [-0.25, -0.2) is 4.98 Å². The van der Waals surface area contributed by atoms with Crippen molar-refractivity contribution < 1.29 is 9.53 Å². The van der Waals surface area contributed by atoms with Gasteiger partial charge in [0, 0.05) is 12.5 Å². The molecule has 2 rings (SSSR count). The summed E-state index contributed by atoms with van der Waals surface area (Å²) in [6, 6.07) is 0. The van der Waals surface area contributed by atoms with Crippen molar-refractivity contribution in [2.24, 2.45) is 0 Å². The molecule has 0 aliphatic carbocycles. The van der Waals surface area contributed by atoms with Crippen molar-refractivity contribution in [1.29, 1.82) is 0 Å². The number of aromatic amines is 1. The second-order valence-corrected chi connectivity index (χ2v) is 3.88. The molecule has 7 heteroatoms. The van der Waals surface area contributed by atoms with E-state index in [1.807, 2.05) is 0 Å². The minimum atomic E-state index is -0.219. The number of nitrogens with one attached hydrogen (secondary N) is 2. The van der Waals surface area contributed by atoms with E-state index in [-0.39, 0.29) is 17.7 Å². The van der Waals surface area contributed by atoms with Gasteiger partial charge in [-0.05, 0) is 6.42 Å². The Morgan fingerprint density at radius 3 is 3.25 bits per heavy atom. The first kappa shape index (κ1) is 11.3. The van der Waals surface area contributed by atoms with Crippen LogP contribution in [0, 0.1) is 0 Å². The van der Waals surface area contributed by atoms with Gasteiger partial charge >= 0.3 is 0 Å². The fraction of sp³-hybridized carbons (Fsp3) is 0.667. The lowest BCUT2D eigenvalue weighted by Gasteiger charge is -2.00. The second-order valence-electron chi connectivity index (χ2n) is 3.61. The molecule has 2 N–H and O–H groups in total. The molecule has 88 valence electrons. The molecule has 0 saturated carbocycles. The molecule has 1 atom stereocenters. The largest absolute Gasteiger partial charge is 0.381 e. The van der Waals surface area contributed by atoms with Crippen LogP contribution in [0.15, 0.2) is 0 Å². The highest BCUT2D eigenvalue weighted by molar-refractivity contribution is 6.27. The smallest absolute Gasteiger partial charge is 0.235 e. The van der Waals surface area contributed by atoms with Gasteiger partial charge in [-0.2, -0.15) is 5.10 Å². The lowest BCUT2D eigenvalue weighted by Crippen LogP contribution is -2.24. The zero-order valence-corrected chi connectivity index (χ0v) is 9.46. The topological polar surface area (TPSA) is 79.9 Å². The quantitative estimate of drug-likeness (QED) is 0.740. The lowest BCUT2D eigenvalue weighted by molar-refractivity contribution is -0.118. The predicted octanol–water partition coefficient (Wildman–Crippen LogP) is 0.164. The number of nitrogens with zero attached hydrogens (tertiary/aromatic N) is 2. The summed E-state index contributed by atoms with van der Waals surface area (Å²) in [6.07, 6.45) is 0.950. The molecular formula is C9H13ClN4O2. The monoisotopic (exact) mass is 244 g/mol. The zero-order valence-electron chi connectivity index (χ0n) is 8.70. The summed E-state index contributed by atoms with van der Waals surface area (Å²) in [7, 11) is 0. The van der Waals surface area contributed by atoms with Crippen molar-refractivity contribution in [2.75, 3.05) is 19.1 Å².